The van der Waals surface area contributed by atoms with Crippen LogP contribution in [0.3, 0.4) is 0 Å². The fraction of sp³-hybridized carbons (Fsp3) is 0.400. The van der Waals surface area contributed by atoms with Crippen LogP contribution in [0.2, 0.25) is 0 Å². The minimum Gasteiger partial charge on any atom is -0.496 e. The minimum absolute atomic E-state index is 0.135. The van der Waals surface area contributed by atoms with Crippen LogP contribution in [-0.2, 0) is 20.5 Å². The zero-order valence-corrected chi connectivity index (χ0v) is 23.8. The van der Waals surface area contributed by atoms with Gasteiger partial charge >= 0.3 is 0 Å². The van der Waals surface area contributed by atoms with E-state index in [-0.39, 0.29) is 23.8 Å². The predicted octanol–water partition coefficient (Wildman–Crippen LogP) is 3.98. The van der Waals surface area contributed by atoms with Crippen LogP contribution in [0.5, 0.6) is 11.5 Å². The summed E-state index contributed by atoms with van der Waals surface area (Å²) < 4.78 is 45.9. The van der Waals surface area contributed by atoms with Crippen LogP contribution in [0.4, 0.5) is 0 Å². The number of hydrogen-bond acceptors (Lipinski definition) is 7. The number of likely N-dealkylation sites (tertiary alicyclic amines) is 1. The Morgan fingerprint density at radius 3 is 2.58 bits per heavy atom. The molecule has 2 aliphatic rings. The Morgan fingerprint density at radius 1 is 1.02 bits per heavy atom. The number of pyridine rings is 1. The summed E-state index contributed by atoms with van der Waals surface area (Å²) in [6.45, 7) is 3.06. The lowest BCUT2D eigenvalue weighted by molar-refractivity contribution is 0.0339. The Hall–Kier alpha value is -3.47. The minimum atomic E-state index is -3.58. The van der Waals surface area contributed by atoms with Crippen molar-refractivity contribution in [3.05, 3.63) is 89.2 Å². The van der Waals surface area contributed by atoms with E-state index in [1.807, 2.05) is 37.3 Å². The molecule has 9 nitrogen and oxygen atoms in total. The molecule has 2 saturated heterocycles. The van der Waals surface area contributed by atoms with Crippen molar-refractivity contribution >= 4 is 15.9 Å². The highest BCUT2D eigenvalue weighted by atomic mass is 32.2. The van der Waals surface area contributed by atoms with Crippen molar-refractivity contribution in [2.45, 2.75) is 43.8 Å². The number of aryl methyl sites for hydroxylation is 1. The van der Waals surface area contributed by atoms with Gasteiger partial charge in [-0.05, 0) is 61.2 Å². The van der Waals surface area contributed by atoms with Crippen LogP contribution in [0.25, 0.3) is 0 Å². The third-order valence-corrected chi connectivity index (χ3v) is 9.45. The summed E-state index contributed by atoms with van der Waals surface area (Å²) in [6, 6.07) is 18.0. The van der Waals surface area contributed by atoms with Gasteiger partial charge < -0.3 is 19.1 Å². The third kappa shape index (κ3) is 5.84. The molecule has 0 N–H and O–H groups in total. The van der Waals surface area contributed by atoms with Gasteiger partial charge in [-0.1, -0.05) is 30.3 Å². The van der Waals surface area contributed by atoms with Crippen molar-refractivity contribution in [2.75, 3.05) is 33.9 Å². The molecule has 3 atom stereocenters. The fourth-order valence-corrected chi connectivity index (χ4v) is 7.39. The van der Waals surface area contributed by atoms with E-state index < -0.39 is 16.1 Å². The van der Waals surface area contributed by atoms with Crippen molar-refractivity contribution in [1.82, 2.24) is 14.2 Å². The number of nitrogens with zero attached hydrogens (tertiary/aromatic N) is 3. The summed E-state index contributed by atoms with van der Waals surface area (Å²) in [6.07, 6.45) is 2.50. The Morgan fingerprint density at radius 2 is 1.82 bits per heavy atom. The smallest absolute Gasteiger partial charge is 0.258 e. The van der Waals surface area contributed by atoms with Gasteiger partial charge in [0.1, 0.15) is 23.7 Å². The fourth-order valence-electron chi connectivity index (χ4n) is 5.61. The van der Waals surface area contributed by atoms with E-state index >= 15 is 0 Å². The molecule has 2 aliphatic heterocycles. The second-order valence-corrected chi connectivity index (χ2v) is 12.1. The average molecular weight is 566 g/mol. The molecule has 1 aromatic heterocycles. The van der Waals surface area contributed by atoms with Crippen LogP contribution >= 0.6 is 0 Å². The molecule has 10 heteroatoms. The number of methoxy groups -OCH3 is 2. The molecule has 1 amide bonds. The Kier molecular flexibility index (Phi) is 8.39. The predicted molar refractivity (Wildman–Crippen MR) is 151 cm³/mol. The Balaban J connectivity index is 1.29. The molecule has 0 radical (unpaired) electrons. The average Bonchev–Trinajstić information content (AvgIpc) is 3.61. The van der Waals surface area contributed by atoms with Gasteiger partial charge in [0, 0.05) is 19.9 Å². The molecule has 3 heterocycles. The van der Waals surface area contributed by atoms with Crippen molar-refractivity contribution in [1.29, 1.82) is 0 Å². The van der Waals surface area contributed by atoms with Crippen molar-refractivity contribution in [3.63, 3.8) is 0 Å². The van der Waals surface area contributed by atoms with E-state index in [0.29, 0.717) is 42.3 Å². The van der Waals surface area contributed by atoms with Gasteiger partial charge in [-0.3, -0.25) is 9.78 Å². The van der Waals surface area contributed by atoms with E-state index in [2.05, 4.69) is 4.98 Å². The zero-order valence-electron chi connectivity index (χ0n) is 23.0. The number of hydrogen-bond donors (Lipinski definition) is 0. The molecule has 0 aliphatic carbocycles. The summed E-state index contributed by atoms with van der Waals surface area (Å²) in [5.41, 5.74) is 2.77. The Bertz CT molecular complexity index is 1450. The second kappa shape index (κ2) is 12.0. The number of rotatable bonds is 9. The first-order valence-electron chi connectivity index (χ1n) is 13.4. The molecule has 0 saturated carbocycles. The van der Waals surface area contributed by atoms with E-state index in [0.717, 1.165) is 24.1 Å². The summed E-state index contributed by atoms with van der Waals surface area (Å²) >= 11 is 0. The first-order chi connectivity index (χ1) is 19.3. The quantitative estimate of drug-likeness (QED) is 0.387. The zero-order chi connectivity index (χ0) is 28.3. The maximum Gasteiger partial charge on any atom is 0.258 e. The Labute approximate surface area is 235 Å². The van der Waals surface area contributed by atoms with E-state index in [4.69, 9.17) is 14.2 Å². The van der Waals surface area contributed by atoms with Gasteiger partial charge in [0.05, 0.1) is 43.3 Å². The number of amides is 1. The normalized spacial score (nSPS) is 21.5. The largest absolute Gasteiger partial charge is 0.496 e. The summed E-state index contributed by atoms with van der Waals surface area (Å²) in [7, 11) is -0.435. The molecule has 2 aromatic carbocycles. The molecule has 0 spiro atoms. The SMILES string of the molecule is COc1cccc(C)c1C(=O)N1C[C@@H](OC)[C@H](Oc2cccc(CS(=O)(=O)N3CCCC3c3ccccn3)c2)C1. The number of carbonyl (C=O) groups excluding carboxylic acids is 1. The number of ether oxygens (including phenoxy) is 3. The van der Waals surface area contributed by atoms with Gasteiger partial charge in [-0.15, -0.1) is 0 Å². The molecular formula is C30H35N3O6S. The van der Waals surface area contributed by atoms with Gasteiger partial charge in [0.25, 0.3) is 5.91 Å². The van der Waals surface area contributed by atoms with Crippen LogP contribution in [0.1, 0.15) is 46.1 Å². The standard InChI is InChI=1S/C30H35N3O6S/c1-21-9-6-14-26(37-2)29(21)30(34)32-18-27(38-3)28(19-32)39-23-11-7-10-22(17-23)20-40(35,36)33-16-8-13-25(33)24-12-4-5-15-31-24/h4-7,9-12,14-15,17,25,27-28H,8,13,16,18-20H2,1-3H3/t25?,27-,28-/m1/s1. The lowest BCUT2D eigenvalue weighted by Crippen LogP contribution is -2.32. The molecule has 5 rings (SSSR count). The number of aromatic nitrogens is 1. The van der Waals surface area contributed by atoms with Gasteiger partial charge in [0.15, 0.2) is 0 Å². The highest BCUT2D eigenvalue weighted by molar-refractivity contribution is 7.88. The molecule has 1 unspecified atom stereocenters. The molecular weight excluding hydrogens is 530 g/mol. The summed E-state index contributed by atoms with van der Waals surface area (Å²) in [5, 5.41) is 0. The lowest BCUT2D eigenvalue weighted by Gasteiger charge is -2.24. The van der Waals surface area contributed by atoms with Crippen LogP contribution < -0.4 is 9.47 Å². The van der Waals surface area contributed by atoms with Crippen LogP contribution in [-0.4, -0.2) is 74.6 Å². The first-order valence-corrected chi connectivity index (χ1v) is 15.0. The molecule has 40 heavy (non-hydrogen) atoms. The van der Waals surface area contributed by atoms with Crippen LogP contribution in [0, 0.1) is 6.92 Å². The monoisotopic (exact) mass is 565 g/mol. The third-order valence-electron chi connectivity index (χ3n) is 7.60. The van der Waals surface area contributed by atoms with E-state index in [9.17, 15) is 13.2 Å². The second-order valence-electron chi connectivity index (χ2n) is 10.2. The van der Waals surface area contributed by atoms with E-state index in [1.165, 1.54) is 0 Å². The molecule has 2 fully saturated rings. The van der Waals surface area contributed by atoms with Crippen molar-refractivity contribution in [3.8, 4) is 11.5 Å². The van der Waals surface area contributed by atoms with Crippen molar-refractivity contribution in [2.24, 2.45) is 0 Å². The van der Waals surface area contributed by atoms with Crippen molar-refractivity contribution < 1.29 is 27.4 Å². The molecule has 3 aromatic rings. The molecule has 0 bridgehead atoms. The maximum absolute atomic E-state index is 13.5. The van der Waals surface area contributed by atoms with Gasteiger partial charge in [0.2, 0.25) is 10.0 Å². The van der Waals surface area contributed by atoms with Gasteiger partial charge in [-0.25, -0.2) is 8.42 Å². The highest BCUT2D eigenvalue weighted by Crippen LogP contribution is 2.34. The summed E-state index contributed by atoms with van der Waals surface area (Å²) in [5.74, 6) is 0.783. The maximum atomic E-state index is 13.5. The van der Waals surface area contributed by atoms with E-state index in [1.54, 1.807) is 60.0 Å². The topological polar surface area (TPSA) is 98.3 Å². The van der Waals surface area contributed by atoms with Crippen LogP contribution in [0.15, 0.2) is 66.9 Å². The number of benzene rings is 2. The summed E-state index contributed by atoms with van der Waals surface area (Å²) in [4.78, 5) is 19.5. The highest BCUT2D eigenvalue weighted by Gasteiger charge is 2.39. The van der Waals surface area contributed by atoms with Gasteiger partial charge in [-0.2, -0.15) is 4.31 Å². The number of sulfonamides is 1. The lowest BCUT2D eigenvalue weighted by atomic mass is 10.1. The first kappa shape index (κ1) is 28.1. The molecule has 212 valence electrons. The number of carbonyl (C=O) groups is 1.